The van der Waals surface area contributed by atoms with Crippen LogP contribution in [-0.4, -0.2) is 43.0 Å². The van der Waals surface area contributed by atoms with Crippen LogP contribution >= 0.6 is 33.2 Å². The maximum atomic E-state index is 13.7. The molecule has 1 aliphatic heterocycles. The summed E-state index contributed by atoms with van der Waals surface area (Å²) in [5.41, 5.74) is -5.03. The molecule has 0 spiro atoms. The summed E-state index contributed by atoms with van der Waals surface area (Å²) >= 11 is 16.1. The monoisotopic (exact) mass is 388 g/mol. The van der Waals surface area contributed by atoms with Crippen LogP contribution in [0, 0.1) is 0 Å². The lowest BCUT2D eigenvalue weighted by molar-refractivity contribution is -0.288. The van der Waals surface area contributed by atoms with Gasteiger partial charge in [-0.25, -0.2) is 4.39 Å². The van der Waals surface area contributed by atoms with Crippen molar-refractivity contribution in [2.75, 3.05) is 13.2 Å². The van der Waals surface area contributed by atoms with Crippen molar-refractivity contribution in [3.8, 4) is 0 Å². The molecule has 0 aromatic heterocycles. The normalized spacial score (nSPS) is 29.1. The van der Waals surface area contributed by atoms with Crippen LogP contribution in [0.5, 0.6) is 0 Å². The summed E-state index contributed by atoms with van der Waals surface area (Å²) in [6.07, 6.45) is -10.9. The number of ether oxygens (including phenoxy) is 2. The lowest BCUT2D eigenvalue weighted by Crippen LogP contribution is -2.56. The van der Waals surface area contributed by atoms with Crippen LogP contribution in [0.4, 0.5) is 30.7 Å². The van der Waals surface area contributed by atoms with Crippen LogP contribution in [-0.2, 0) is 9.47 Å². The fourth-order valence-electron chi connectivity index (χ4n) is 1.22. The first kappa shape index (κ1) is 18.6. The molecule has 0 aliphatic carbocycles. The third kappa shape index (κ3) is 3.46. The van der Waals surface area contributed by atoms with E-state index in [0.29, 0.717) is 0 Å². The van der Waals surface area contributed by atoms with Gasteiger partial charge in [0.2, 0.25) is 0 Å². The summed E-state index contributed by atoms with van der Waals surface area (Å²) in [5.74, 6) is -4.82. The van der Waals surface area contributed by atoms with Crippen molar-refractivity contribution in [3.05, 3.63) is 0 Å². The third-order valence-corrected chi connectivity index (χ3v) is 4.86. The van der Waals surface area contributed by atoms with Crippen molar-refractivity contribution in [2.45, 2.75) is 29.9 Å². The Balaban J connectivity index is 2.73. The van der Waals surface area contributed by atoms with Gasteiger partial charge in [0.05, 0.1) is 6.61 Å². The van der Waals surface area contributed by atoms with Crippen molar-refractivity contribution in [1.29, 1.82) is 0 Å². The van der Waals surface area contributed by atoms with Crippen LogP contribution in [0.1, 0.15) is 0 Å². The lowest BCUT2D eigenvalue weighted by Gasteiger charge is -2.28. The highest BCUT2D eigenvalue weighted by molar-refractivity contribution is 7.64. The number of epoxide rings is 1. The highest BCUT2D eigenvalue weighted by atomic mass is 35.8. The first-order valence-corrected chi connectivity index (χ1v) is 10.1. The molecule has 0 aromatic carbocycles. The van der Waals surface area contributed by atoms with E-state index in [1.165, 1.54) is 0 Å². The van der Waals surface area contributed by atoms with Gasteiger partial charge in [0.25, 0.3) is 5.67 Å². The van der Waals surface area contributed by atoms with Gasteiger partial charge in [-0.3, -0.25) is 4.74 Å². The molecule has 0 aromatic rings. The van der Waals surface area contributed by atoms with Crippen LogP contribution in [0.25, 0.3) is 0 Å². The zero-order valence-electron chi connectivity index (χ0n) is 9.22. The summed E-state index contributed by atoms with van der Waals surface area (Å²) in [6, 6.07) is -3.56. The number of rotatable bonds is 6. The summed E-state index contributed by atoms with van der Waals surface area (Å²) in [7, 11) is 0. The van der Waals surface area contributed by atoms with Crippen molar-refractivity contribution in [2.24, 2.45) is 0 Å². The van der Waals surface area contributed by atoms with Crippen molar-refractivity contribution >= 4 is 39.2 Å². The van der Waals surface area contributed by atoms with E-state index in [2.05, 4.69) is 9.47 Å². The molecular formula is C7H6Cl3F7O2Si. The lowest BCUT2D eigenvalue weighted by atomic mass is 10.00. The first-order valence-electron chi connectivity index (χ1n) is 4.83. The minimum Gasteiger partial charge on any atom is -0.378 e. The van der Waals surface area contributed by atoms with Gasteiger partial charge in [0.15, 0.2) is 0 Å². The molecule has 1 rings (SSSR count). The van der Waals surface area contributed by atoms with E-state index in [1.807, 2.05) is 0 Å². The summed E-state index contributed by atoms with van der Waals surface area (Å²) < 4.78 is 96.4. The molecule has 0 radical (unpaired) electrons. The van der Waals surface area contributed by atoms with E-state index in [-0.39, 0.29) is 6.04 Å². The van der Waals surface area contributed by atoms with E-state index in [9.17, 15) is 30.7 Å². The quantitative estimate of drug-likeness (QED) is 0.223. The molecule has 0 amide bonds. The van der Waals surface area contributed by atoms with E-state index in [4.69, 9.17) is 33.2 Å². The van der Waals surface area contributed by atoms with Gasteiger partial charge in [-0.1, -0.05) is 0 Å². The highest BCUT2D eigenvalue weighted by Crippen LogP contribution is 2.63. The Hall–Kier alpha value is 0.517. The molecule has 2 atom stereocenters. The van der Waals surface area contributed by atoms with Gasteiger partial charge >= 0.3 is 24.1 Å². The van der Waals surface area contributed by atoms with Gasteiger partial charge < -0.3 is 4.74 Å². The fourth-order valence-corrected chi connectivity index (χ4v) is 2.29. The molecule has 120 valence electrons. The van der Waals surface area contributed by atoms with E-state index < -0.39 is 43.0 Å². The molecule has 1 saturated heterocycles. The predicted octanol–water partition coefficient (Wildman–Crippen LogP) is 4.22. The van der Waals surface area contributed by atoms with Gasteiger partial charge in [0, 0.05) is 12.7 Å². The maximum Gasteiger partial charge on any atom is 0.430 e. The minimum absolute atomic E-state index is 0.317. The molecule has 2 nitrogen and oxygen atoms in total. The second-order valence-corrected chi connectivity index (χ2v) is 13.2. The Kier molecular flexibility index (Phi) is 4.92. The SMILES string of the molecule is FC(F)(F)C(F)(COCC[Si](Cl)(Cl)Cl)C1(F)OC1(F)F. The Morgan fingerprint density at radius 1 is 1.05 bits per heavy atom. The number of alkyl halides is 7. The van der Waals surface area contributed by atoms with Crippen LogP contribution < -0.4 is 0 Å². The smallest absolute Gasteiger partial charge is 0.378 e. The van der Waals surface area contributed by atoms with Crippen LogP contribution in [0.15, 0.2) is 0 Å². The minimum atomic E-state index is -5.97. The van der Waals surface area contributed by atoms with Crippen molar-refractivity contribution in [1.82, 2.24) is 0 Å². The molecule has 2 unspecified atom stereocenters. The average molecular weight is 390 g/mol. The average Bonchev–Trinajstić information content (AvgIpc) is 2.71. The molecule has 1 heterocycles. The first-order chi connectivity index (χ1) is 8.66. The van der Waals surface area contributed by atoms with Gasteiger partial charge in [-0.15, -0.1) is 33.2 Å². The number of halogens is 10. The predicted molar refractivity (Wildman–Crippen MR) is 58.7 cm³/mol. The van der Waals surface area contributed by atoms with E-state index >= 15 is 0 Å². The fraction of sp³-hybridized carbons (Fsp3) is 1.00. The standard InChI is InChI=1S/C7H6Cl3F7O2Si/c8-20(9,10)2-1-18-3-4(11,6(13,14)15)5(12)7(16,17)19-5/h1-3H2. The highest BCUT2D eigenvalue weighted by Gasteiger charge is 2.92. The van der Waals surface area contributed by atoms with Gasteiger partial charge in [-0.05, 0) is 0 Å². The van der Waals surface area contributed by atoms with Gasteiger partial charge in [-0.2, -0.15) is 26.3 Å². The van der Waals surface area contributed by atoms with E-state index in [1.54, 1.807) is 0 Å². The zero-order valence-corrected chi connectivity index (χ0v) is 12.5. The Labute approximate surface area is 123 Å². The molecular weight excluding hydrogens is 384 g/mol. The molecule has 1 fully saturated rings. The second-order valence-electron chi connectivity index (χ2n) is 3.93. The molecule has 0 saturated carbocycles. The maximum absolute atomic E-state index is 13.7. The largest absolute Gasteiger partial charge is 0.430 e. The summed E-state index contributed by atoms with van der Waals surface area (Å²) in [6.45, 7) is -2.70. The topological polar surface area (TPSA) is 21.8 Å². The molecule has 0 bridgehead atoms. The summed E-state index contributed by atoms with van der Waals surface area (Å²) in [4.78, 5) is 0. The van der Waals surface area contributed by atoms with Gasteiger partial charge in [0.1, 0.15) is 0 Å². The number of hydrogen-bond donors (Lipinski definition) is 0. The summed E-state index contributed by atoms with van der Waals surface area (Å²) in [5, 5.41) is 0. The van der Waals surface area contributed by atoms with Crippen molar-refractivity contribution < 1.29 is 40.2 Å². The van der Waals surface area contributed by atoms with E-state index in [0.717, 1.165) is 0 Å². The zero-order chi connectivity index (χ0) is 16.0. The third-order valence-electron chi connectivity index (χ3n) is 2.39. The number of hydrogen-bond acceptors (Lipinski definition) is 2. The van der Waals surface area contributed by atoms with Crippen LogP contribution in [0.3, 0.4) is 0 Å². The Bertz CT molecular complexity index is 376. The molecule has 0 N–H and O–H groups in total. The second kappa shape index (κ2) is 5.30. The Morgan fingerprint density at radius 2 is 1.50 bits per heavy atom. The molecule has 20 heavy (non-hydrogen) atoms. The van der Waals surface area contributed by atoms with Crippen molar-refractivity contribution in [3.63, 3.8) is 0 Å². The molecule has 13 heteroatoms. The molecule has 1 aliphatic rings. The Morgan fingerprint density at radius 3 is 1.80 bits per heavy atom. The van der Waals surface area contributed by atoms with Crippen LogP contribution in [0.2, 0.25) is 6.04 Å².